The summed E-state index contributed by atoms with van der Waals surface area (Å²) >= 11 is 0. The Bertz CT molecular complexity index is 2020. The summed E-state index contributed by atoms with van der Waals surface area (Å²) in [5.74, 6) is -0.707. The van der Waals surface area contributed by atoms with Crippen molar-refractivity contribution in [2.24, 2.45) is 5.92 Å². The van der Waals surface area contributed by atoms with Crippen LogP contribution >= 0.6 is 0 Å². The summed E-state index contributed by atoms with van der Waals surface area (Å²) in [5.41, 5.74) is 4.31. The van der Waals surface area contributed by atoms with Crippen molar-refractivity contribution in [2.45, 2.75) is 20.3 Å². The summed E-state index contributed by atoms with van der Waals surface area (Å²) < 4.78 is 30.9. The minimum atomic E-state index is -0.629. The average molecular weight is 611 g/mol. The maximum atomic E-state index is 16.2. The van der Waals surface area contributed by atoms with E-state index in [4.69, 9.17) is 4.98 Å². The minimum Gasteiger partial charge on any atom is -0.384 e. The molecule has 0 atom stereocenters. The first-order valence-corrected chi connectivity index (χ1v) is 14.5. The Hall–Kier alpha value is -5.30. The number of hydrogen-bond donors (Lipinski definition) is 4. The normalized spacial score (nSPS) is 11.6. The summed E-state index contributed by atoms with van der Waals surface area (Å²) in [5, 5.41) is 13.4. The highest BCUT2D eigenvalue weighted by Gasteiger charge is 2.22. The fraction of sp³-hybridized carbons (Fsp3) is 0.250. The molecular weight excluding hydrogens is 578 g/mol. The Kier molecular flexibility index (Phi) is 8.18. The molecule has 0 aliphatic rings. The van der Waals surface area contributed by atoms with Crippen molar-refractivity contribution < 1.29 is 13.6 Å². The van der Waals surface area contributed by atoms with Crippen LogP contribution in [0.5, 0.6) is 0 Å². The molecule has 0 fully saturated rings. The second-order valence-electron chi connectivity index (χ2n) is 11.5. The first-order valence-electron chi connectivity index (χ1n) is 14.5. The zero-order valence-electron chi connectivity index (χ0n) is 25.2. The van der Waals surface area contributed by atoms with Gasteiger partial charge in [0.25, 0.3) is 0 Å². The average Bonchev–Trinajstić information content (AvgIpc) is 3.61. The van der Waals surface area contributed by atoms with Crippen LogP contribution in [-0.4, -0.2) is 73.1 Å². The summed E-state index contributed by atoms with van der Waals surface area (Å²) in [4.78, 5) is 35.1. The Morgan fingerprint density at radius 3 is 2.62 bits per heavy atom. The number of halogens is 2. The van der Waals surface area contributed by atoms with Crippen LogP contribution in [0.4, 0.5) is 20.2 Å². The van der Waals surface area contributed by atoms with E-state index in [1.54, 1.807) is 18.3 Å². The Morgan fingerprint density at radius 2 is 1.82 bits per heavy atom. The number of carbonyl (C=O) groups excluding carboxylic acids is 1. The number of anilines is 2. The molecule has 0 radical (unpaired) electrons. The van der Waals surface area contributed by atoms with Crippen LogP contribution in [0.15, 0.2) is 55.1 Å². The summed E-state index contributed by atoms with van der Waals surface area (Å²) in [6, 6.07) is 8.13. The molecule has 0 saturated carbocycles. The van der Waals surface area contributed by atoms with E-state index in [-0.39, 0.29) is 40.2 Å². The molecule has 0 aliphatic heterocycles. The molecule has 6 aromatic rings. The summed E-state index contributed by atoms with van der Waals surface area (Å²) in [7, 11) is 3.94. The first kappa shape index (κ1) is 29.8. The van der Waals surface area contributed by atoms with E-state index >= 15 is 4.39 Å². The molecule has 230 valence electrons. The van der Waals surface area contributed by atoms with Gasteiger partial charge >= 0.3 is 0 Å². The van der Waals surface area contributed by atoms with Gasteiger partial charge in [-0.2, -0.15) is 5.10 Å². The van der Waals surface area contributed by atoms with Crippen LogP contribution in [-0.2, 0) is 4.79 Å². The van der Waals surface area contributed by atoms with E-state index < -0.39 is 5.82 Å². The molecule has 5 heterocycles. The molecule has 6 rings (SSSR count). The third-order valence-corrected chi connectivity index (χ3v) is 7.14. The highest BCUT2D eigenvalue weighted by Crippen LogP contribution is 2.35. The molecule has 0 aliphatic carbocycles. The smallest absolute Gasteiger partial charge is 0.224 e. The number of imidazole rings is 1. The number of rotatable bonds is 10. The standard InChI is InChI=1S/C32H32F2N10O/c1-17(2)9-25(45)39-22-12-19(14-35-15-22)28-27(34)26-24(16-38-28)42-43-30(26)32-40-29-23(5-6-37-31(29)41-32)18-10-20(33)13-21(11-18)36-7-8-44(3)4/h5-6,10-17,36H,7-9H2,1-4H3,(H,39,45)(H,42,43)(H,37,40,41). The molecule has 0 unspecified atom stereocenters. The van der Waals surface area contributed by atoms with Crippen molar-refractivity contribution in [3.63, 3.8) is 0 Å². The predicted molar refractivity (Wildman–Crippen MR) is 170 cm³/mol. The van der Waals surface area contributed by atoms with Crippen LogP contribution in [0.2, 0.25) is 0 Å². The van der Waals surface area contributed by atoms with Crippen molar-refractivity contribution >= 4 is 39.3 Å². The van der Waals surface area contributed by atoms with Crippen LogP contribution in [0, 0.1) is 17.6 Å². The van der Waals surface area contributed by atoms with Crippen molar-refractivity contribution in [1.29, 1.82) is 0 Å². The monoisotopic (exact) mass is 610 g/mol. The second kappa shape index (κ2) is 12.4. The number of nitrogens with one attached hydrogen (secondary N) is 4. The molecule has 1 aromatic carbocycles. The lowest BCUT2D eigenvalue weighted by Crippen LogP contribution is -2.20. The summed E-state index contributed by atoms with van der Waals surface area (Å²) in [6.45, 7) is 5.34. The molecule has 0 spiro atoms. The zero-order chi connectivity index (χ0) is 31.7. The van der Waals surface area contributed by atoms with Crippen molar-refractivity contribution in [3.8, 4) is 33.9 Å². The lowest BCUT2D eigenvalue weighted by Gasteiger charge is -2.12. The van der Waals surface area contributed by atoms with Crippen LogP contribution in [0.1, 0.15) is 20.3 Å². The number of H-pyrrole nitrogens is 2. The van der Waals surface area contributed by atoms with Crippen LogP contribution in [0.25, 0.3) is 56.0 Å². The van der Waals surface area contributed by atoms with Crippen molar-refractivity contribution in [3.05, 3.63) is 66.8 Å². The summed E-state index contributed by atoms with van der Waals surface area (Å²) in [6.07, 6.45) is 6.42. The predicted octanol–water partition coefficient (Wildman–Crippen LogP) is 5.86. The Balaban J connectivity index is 1.37. The topological polar surface area (TPSA) is 140 Å². The van der Waals surface area contributed by atoms with Gasteiger partial charge in [-0.15, -0.1) is 0 Å². The second-order valence-corrected chi connectivity index (χ2v) is 11.5. The number of fused-ring (bicyclic) bond motifs is 2. The van der Waals surface area contributed by atoms with Gasteiger partial charge in [0.2, 0.25) is 5.91 Å². The number of nitrogens with zero attached hydrogens (tertiary/aromatic N) is 6. The molecule has 0 bridgehead atoms. The number of benzene rings is 1. The Labute approximate surface area is 257 Å². The van der Waals surface area contributed by atoms with Gasteiger partial charge in [0.05, 0.1) is 29.0 Å². The van der Waals surface area contributed by atoms with Crippen molar-refractivity contribution in [1.82, 2.24) is 40.0 Å². The van der Waals surface area contributed by atoms with Gasteiger partial charge in [-0.1, -0.05) is 13.8 Å². The lowest BCUT2D eigenvalue weighted by molar-refractivity contribution is -0.116. The van der Waals surface area contributed by atoms with Gasteiger partial charge < -0.3 is 20.5 Å². The first-order chi connectivity index (χ1) is 21.7. The van der Waals surface area contributed by atoms with Gasteiger partial charge in [-0.25, -0.2) is 18.7 Å². The van der Waals surface area contributed by atoms with E-state index in [1.165, 1.54) is 30.7 Å². The number of likely N-dealkylation sites (N-methyl/N-ethyl adjacent to an activating group) is 1. The van der Waals surface area contributed by atoms with Crippen LogP contribution < -0.4 is 10.6 Å². The van der Waals surface area contributed by atoms with Gasteiger partial charge in [-0.05, 0) is 55.9 Å². The van der Waals surface area contributed by atoms with Gasteiger partial charge in [-0.3, -0.25) is 19.9 Å². The van der Waals surface area contributed by atoms with E-state index in [9.17, 15) is 9.18 Å². The number of hydrogen-bond acceptors (Lipinski definition) is 8. The lowest BCUT2D eigenvalue weighted by atomic mass is 10.0. The molecule has 1 amide bonds. The van der Waals surface area contributed by atoms with E-state index in [0.29, 0.717) is 57.7 Å². The van der Waals surface area contributed by atoms with Crippen LogP contribution in [0.3, 0.4) is 0 Å². The number of carbonyl (C=O) groups is 1. The largest absolute Gasteiger partial charge is 0.384 e. The van der Waals surface area contributed by atoms with E-state index in [0.717, 1.165) is 6.54 Å². The highest BCUT2D eigenvalue weighted by molar-refractivity contribution is 5.97. The fourth-order valence-corrected chi connectivity index (χ4v) is 5.10. The third-order valence-electron chi connectivity index (χ3n) is 7.14. The maximum Gasteiger partial charge on any atom is 0.224 e. The number of pyridine rings is 3. The molecule has 5 aromatic heterocycles. The van der Waals surface area contributed by atoms with Gasteiger partial charge in [0, 0.05) is 48.7 Å². The molecule has 13 heteroatoms. The maximum absolute atomic E-state index is 16.2. The van der Waals surface area contributed by atoms with Crippen molar-refractivity contribution in [2.75, 3.05) is 37.8 Å². The number of aromatic amines is 2. The zero-order valence-corrected chi connectivity index (χ0v) is 25.2. The molecule has 4 N–H and O–H groups in total. The molecular formula is C32H32F2N10O. The number of aromatic nitrogens is 7. The fourth-order valence-electron chi connectivity index (χ4n) is 5.10. The number of amides is 1. The van der Waals surface area contributed by atoms with E-state index in [2.05, 4.69) is 40.8 Å². The molecule has 0 saturated heterocycles. The van der Waals surface area contributed by atoms with E-state index in [1.807, 2.05) is 38.9 Å². The van der Waals surface area contributed by atoms with Gasteiger partial charge in [0.15, 0.2) is 17.3 Å². The molecule has 45 heavy (non-hydrogen) atoms. The third kappa shape index (κ3) is 6.34. The minimum absolute atomic E-state index is 0.0431. The SMILES string of the molecule is CC(C)CC(=O)Nc1cncc(-c2ncc3[nH]nc(-c4nc5c(-c6cc(F)cc(NCCN(C)C)c6)ccnc5[nH]4)c3c2F)c1. The molecule has 11 nitrogen and oxygen atoms in total. The Morgan fingerprint density at radius 1 is 1.00 bits per heavy atom. The quantitative estimate of drug-likeness (QED) is 0.151. The van der Waals surface area contributed by atoms with Gasteiger partial charge in [0.1, 0.15) is 22.7 Å². The highest BCUT2D eigenvalue weighted by atomic mass is 19.1.